The number of aryl methyl sites for hydroxylation is 2. The van der Waals surface area contributed by atoms with Crippen molar-refractivity contribution in [3.8, 4) is 5.88 Å². The van der Waals surface area contributed by atoms with Crippen molar-refractivity contribution in [2.75, 3.05) is 0 Å². The van der Waals surface area contributed by atoms with Gasteiger partial charge in [-0.3, -0.25) is 4.79 Å². The molecule has 0 aliphatic heterocycles. The monoisotopic (exact) mass is 353 g/mol. The number of aromatic nitrogens is 1. The highest BCUT2D eigenvalue weighted by atomic mass is 32.1. The van der Waals surface area contributed by atoms with Gasteiger partial charge < -0.3 is 10.1 Å². The zero-order valence-corrected chi connectivity index (χ0v) is 15.0. The Morgan fingerprint density at radius 1 is 1.28 bits per heavy atom. The molecule has 0 saturated heterocycles. The Bertz CT molecular complexity index is 976. The SMILES string of the molecule is CC(C)c1ccc2[nH]c(O)c(N=NC(=O)c3cc4c(s3)CCC4)c2c1. The number of H-pyrrole nitrogens is 1. The maximum Gasteiger partial charge on any atom is 0.305 e. The molecule has 2 aromatic heterocycles. The van der Waals surface area contributed by atoms with Crippen LogP contribution in [0.5, 0.6) is 5.88 Å². The van der Waals surface area contributed by atoms with Crippen LogP contribution < -0.4 is 0 Å². The molecule has 6 heteroatoms. The van der Waals surface area contributed by atoms with Crippen LogP contribution in [0.15, 0.2) is 34.5 Å². The lowest BCUT2D eigenvalue weighted by molar-refractivity contribution is 0.0999. The summed E-state index contributed by atoms with van der Waals surface area (Å²) in [6, 6.07) is 7.84. The van der Waals surface area contributed by atoms with Crippen LogP contribution in [-0.4, -0.2) is 16.0 Å². The number of carbonyl (C=O) groups is 1. The summed E-state index contributed by atoms with van der Waals surface area (Å²) in [5, 5.41) is 18.8. The summed E-state index contributed by atoms with van der Waals surface area (Å²) in [6.45, 7) is 4.21. The molecule has 1 aliphatic rings. The number of azo groups is 1. The molecule has 0 bridgehead atoms. The highest BCUT2D eigenvalue weighted by molar-refractivity contribution is 7.14. The van der Waals surface area contributed by atoms with Crippen LogP contribution in [0.25, 0.3) is 10.9 Å². The molecule has 4 rings (SSSR count). The molecule has 0 spiro atoms. The van der Waals surface area contributed by atoms with Gasteiger partial charge in [0, 0.05) is 10.3 Å². The van der Waals surface area contributed by atoms with Crippen LogP contribution in [0, 0.1) is 0 Å². The molecule has 2 N–H and O–H groups in total. The predicted octanol–water partition coefficient (Wildman–Crippen LogP) is 5.47. The quantitative estimate of drug-likeness (QED) is 0.612. The van der Waals surface area contributed by atoms with Crippen molar-refractivity contribution in [2.24, 2.45) is 10.2 Å². The maximum atomic E-state index is 12.3. The molecule has 0 unspecified atom stereocenters. The predicted molar refractivity (Wildman–Crippen MR) is 99.2 cm³/mol. The molecule has 3 aromatic rings. The van der Waals surface area contributed by atoms with Gasteiger partial charge in [0.05, 0.1) is 10.4 Å². The van der Waals surface area contributed by atoms with Crippen molar-refractivity contribution in [1.29, 1.82) is 0 Å². The van der Waals surface area contributed by atoms with Crippen molar-refractivity contribution in [1.82, 2.24) is 4.98 Å². The number of fused-ring (bicyclic) bond motifs is 2. The first kappa shape index (κ1) is 16.0. The molecule has 128 valence electrons. The minimum atomic E-state index is -0.354. The summed E-state index contributed by atoms with van der Waals surface area (Å²) in [7, 11) is 0. The van der Waals surface area contributed by atoms with E-state index in [4.69, 9.17) is 0 Å². The first-order valence-corrected chi connectivity index (χ1v) is 9.27. The van der Waals surface area contributed by atoms with Crippen molar-refractivity contribution >= 4 is 33.8 Å². The Balaban J connectivity index is 1.66. The number of nitrogens with zero attached hydrogens (tertiary/aromatic N) is 2. The van der Waals surface area contributed by atoms with E-state index in [1.807, 2.05) is 24.3 Å². The summed E-state index contributed by atoms with van der Waals surface area (Å²) in [4.78, 5) is 17.1. The first-order valence-electron chi connectivity index (χ1n) is 8.45. The summed E-state index contributed by atoms with van der Waals surface area (Å²) in [5.74, 6) is -0.0596. The van der Waals surface area contributed by atoms with E-state index >= 15 is 0 Å². The van der Waals surface area contributed by atoms with E-state index in [2.05, 4.69) is 29.1 Å². The number of benzene rings is 1. The standard InChI is InChI=1S/C19H19N3O2S/c1-10(2)11-6-7-14-13(8-11)17(19(24)20-14)21-22-18(23)16-9-12-4-3-5-15(12)25-16/h6-10,20,24H,3-5H2,1-2H3. The Morgan fingerprint density at radius 2 is 2.12 bits per heavy atom. The van der Waals surface area contributed by atoms with E-state index in [0.717, 1.165) is 29.3 Å². The van der Waals surface area contributed by atoms with Crippen LogP contribution in [0.4, 0.5) is 5.69 Å². The largest absolute Gasteiger partial charge is 0.493 e. The number of hydrogen-bond donors (Lipinski definition) is 2. The van der Waals surface area contributed by atoms with Crippen LogP contribution in [-0.2, 0) is 12.8 Å². The fourth-order valence-electron chi connectivity index (χ4n) is 3.22. The number of hydrogen-bond acceptors (Lipinski definition) is 4. The molecule has 1 aromatic carbocycles. The average molecular weight is 353 g/mol. The summed E-state index contributed by atoms with van der Waals surface area (Å²) in [5.41, 5.74) is 3.50. The van der Waals surface area contributed by atoms with E-state index in [1.165, 1.54) is 28.2 Å². The smallest absolute Gasteiger partial charge is 0.305 e. The molecule has 0 atom stereocenters. The summed E-state index contributed by atoms with van der Waals surface area (Å²) >= 11 is 1.51. The van der Waals surface area contributed by atoms with Crippen LogP contribution in [0.1, 0.15) is 51.9 Å². The first-order chi connectivity index (χ1) is 12.0. The van der Waals surface area contributed by atoms with E-state index in [1.54, 1.807) is 0 Å². The molecule has 2 heterocycles. The van der Waals surface area contributed by atoms with Crippen LogP contribution in [0.3, 0.4) is 0 Å². The molecule has 25 heavy (non-hydrogen) atoms. The normalized spacial score (nSPS) is 14.0. The second kappa shape index (κ2) is 6.11. The Labute approximate surface area is 149 Å². The lowest BCUT2D eigenvalue weighted by Gasteiger charge is -2.04. The van der Waals surface area contributed by atoms with Crippen molar-refractivity contribution in [3.63, 3.8) is 0 Å². The molecule has 1 aliphatic carbocycles. The highest BCUT2D eigenvalue weighted by Gasteiger charge is 2.19. The van der Waals surface area contributed by atoms with Crippen molar-refractivity contribution in [2.45, 2.75) is 39.0 Å². The van der Waals surface area contributed by atoms with Gasteiger partial charge >= 0.3 is 5.91 Å². The Morgan fingerprint density at radius 3 is 2.88 bits per heavy atom. The zero-order chi connectivity index (χ0) is 17.6. The number of aromatic amines is 1. The fraction of sp³-hybridized carbons (Fsp3) is 0.316. The highest BCUT2D eigenvalue weighted by Crippen LogP contribution is 2.37. The number of carbonyl (C=O) groups excluding carboxylic acids is 1. The number of rotatable bonds is 3. The minimum Gasteiger partial charge on any atom is -0.493 e. The van der Waals surface area contributed by atoms with Gasteiger partial charge in [-0.1, -0.05) is 19.9 Å². The second-order valence-electron chi connectivity index (χ2n) is 6.70. The maximum absolute atomic E-state index is 12.3. The molecular formula is C19H19N3O2S. The summed E-state index contributed by atoms with van der Waals surface area (Å²) in [6.07, 6.45) is 3.25. The van der Waals surface area contributed by atoms with E-state index < -0.39 is 0 Å². The van der Waals surface area contributed by atoms with Crippen LogP contribution >= 0.6 is 11.3 Å². The van der Waals surface area contributed by atoms with Gasteiger partial charge in [-0.25, -0.2) is 0 Å². The number of aromatic hydroxyl groups is 1. The zero-order valence-electron chi connectivity index (χ0n) is 14.2. The summed E-state index contributed by atoms with van der Waals surface area (Å²) < 4.78 is 0. The van der Waals surface area contributed by atoms with Gasteiger partial charge in [-0.2, -0.15) is 0 Å². The lowest BCUT2D eigenvalue weighted by Crippen LogP contribution is -1.89. The third kappa shape index (κ3) is 2.87. The van der Waals surface area contributed by atoms with Gasteiger partial charge in [0.2, 0.25) is 5.88 Å². The van der Waals surface area contributed by atoms with Gasteiger partial charge in [-0.05, 0) is 54.5 Å². The number of nitrogens with one attached hydrogen (secondary N) is 1. The minimum absolute atomic E-state index is 0.0684. The lowest BCUT2D eigenvalue weighted by atomic mass is 10.0. The van der Waals surface area contributed by atoms with Gasteiger partial charge in [-0.15, -0.1) is 21.6 Å². The Kier molecular flexibility index (Phi) is 3.92. The number of amides is 1. The van der Waals surface area contributed by atoms with Gasteiger partial charge in [0.15, 0.2) is 5.69 Å². The fourth-order valence-corrected chi connectivity index (χ4v) is 4.35. The molecule has 0 radical (unpaired) electrons. The Hall–Kier alpha value is -2.47. The van der Waals surface area contributed by atoms with Gasteiger partial charge in [0.25, 0.3) is 0 Å². The van der Waals surface area contributed by atoms with E-state index in [0.29, 0.717) is 16.5 Å². The van der Waals surface area contributed by atoms with E-state index in [-0.39, 0.29) is 11.8 Å². The topological polar surface area (TPSA) is 77.8 Å². The molecular weight excluding hydrogens is 334 g/mol. The number of thiophene rings is 1. The molecule has 5 nitrogen and oxygen atoms in total. The molecule has 0 fully saturated rings. The third-order valence-electron chi connectivity index (χ3n) is 4.64. The third-order valence-corrected chi connectivity index (χ3v) is 5.87. The molecule has 1 amide bonds. The molecule has 0 saturated carbocycles. The van der Waals surface area contributed by atoms with Crippen molar-refractivity contribution < 1.29 is 9.90 Å². The van der Waals surface area contributed by atoms with E-state index in [9.17, 15) is 9.90 Å². The van der Waals surface area contributed by atoms with Crippen molar-refractivity contribution in [3.05, 3.63) is 45.1 Å². The van der Waals surface area contributed by atoms with Crippen LogP contribution in [0.2, 0.25) is 0 Å². The van der Waals surface area contributed by atoms with Gasteiger partial charge in [0.1, 0.15) is 0 Å². The average Bonchev–Trinajstić information content (AvgIpc) is 3.24. The second-order valence-corrected chi connectivity index (χ2v) is 7.84.